The lowest BCUT2D eigenvalue weighted by Gasteiger charge is -2.21. The largest absolute Gasteiger partial charge is 0.303 e. The van der Waals surface area contributed by atoms with Gasteiger partial charge in [0, 0.05) is 18.4 Å². The first-order chi connectivity index (χ1) is 6.88. The highest BCUT2D eigenvalue weighted by Gasteiger charge is 2.28. The Bertz CT molecular complexity index is 150. The van der Waals surface area contributed by atoms with E-state index >= 15 is 0 Å². The van der Waals surface area contributed by atoms with E-state index in [9.17, 15) is 0 Å². The maximum atomic E-state index is 3.51. The second-order valence-corrected chi connectivity index (χ2v) is 5.84. The fourth-order valence-corrected chi connectivity index (χ4v) is 2.41. The van der Waals surface area contributed by atoms with Crippen molar-refractivity contribution in [2.75, 3.05) is 25.0 Å². The van der Waals surface area contributed by atoms with Crippen LogP contribution in [0.15, 0.2) is 0 Å². The van der Waals surface area contributed by atoms with E-state index in [-0.39, 0.29) is 0 Å². The molecule has 2 heteroatoms. The molecule has 0 unspecified atom stereocenters. The average molecular weight is 260 g/mol. The standard InChI is InChI=1S/C12H22BrN/c13-7-1-2-8-14(9-11-3-4-11)10-12-5-6-12/h11-12H,1-10H2. The first-order valence-corrected chi connectivity index (χ1v) is 7.29. The molecule has 0 bridgehead atoms. The summed E-state index contributed by atoms with van der Waals surface area (Å²) in [5, 5.41) is 1.17. The number of rotatable bonds is 8. The Balaban J connectivity index is 1.61. The van der Waals surface area contributed by atoms with E-state index in [1.807, 2.05) is 0 Å². The van der Waals surface area contributed by atoms with Crippen LogP contribution in [-0.2, 0) is 0 Å². The fourth-order valence-electron chi connectivity index (χ4n) is 2.02. The van der Waals surface area contributed by atoms with Crippen molar-refractivity contribution in [3.05, 3.63) is 0 Å². The van der Waals surface area contributed by atoms with E-state index in [2.05, 4.69) is 20.8 Å². The topological polar surface area (TPSA) is 3.24 Å². The second-order valence-electron chi connectivity index (χ2n) is 5.04. The molecule has 0 saturated heterocycles. The van der Waals surface area contributed by atoms with E-state index in [1.54, 1.807) is 0 Å². The number of nitrogens with zero attached hydrogens (tertiary/aromatic N) is 1. The number of alkyl halides is 1. The molecule has 2 aliphatic rings. The molecule has 0 heterocycles. The Kier molecular flexibility index (Phi) is 4.30. The molecule has 82 valence electrons. The van der Waals surface area contributed by atoms with Crippen molar-refractivity contribution < 1.29 is 0 Å². The highest BCUT2D eigenvalue weighted by Crippen LogP contribution is 2.33. The van der Waals surface area contributed by atoms with Crippen LogP contribution in [0.5, 0.6) is 0 Å². The summed E-state index contributed by atoms with van der Waals surface area (Å²) < 4.78 is 0. The van der Waals surface area contributed by atoms with Crippen LogP contribution in [0.25, 0.3) is 0 Å². The maximum Gasteiger partial charge on any atom is 0.00317 e. The number of halogens is 1. The van der Waals surface area contributed by atoms with E-state index < -0.39 is 0 Å². The third-order valence-electron chi connectivity index (χ3n) is 3.28. The summed E-state index contributed by atoms with van der Waals surface area (Å²) >= 11 is 3.51. The van der Waals surface area contributed by atoms with Crippen molar-refractivity contribution in [1.82, 2.24) is 4.90 Å². The smallest absolute Gasteiger partial charge is 0.00317 e. The van der Waals surface area contributed by atoms with Gasteiger partial charge in [-0.1, -0.05) is 15.9 Å². The molecule has 0 aromatic rings. The van der Waals surface area contributed by atoms with Crippen LogP contribution in [0, 0.1) is 11.8 Å². The minimum Gasteiger partial charge on any atom is -0.303 e. The lowest BCUT2D eigenvalue weighted by atomic mass is 10.2. The summed E-state index contributed by atoms with van der Waals surface area (Å²) in [4.78, 5) is 2.73. The molecule has 0 radical (unpaired) electrons. The molecule has 2 saturated carbocycles. The fraction of sp³-hybridized carbons (Fsp3) is 1.00. The summed E-state index contributed by atoms with van der Waals surface area (Å²) in [5.74, 6) is 2.13. The van der Waals surface area contributed by atoms with Gasteiger partial charge in [0.05, 0.1) is 0 Å². The van der Waals surface area contributed by atoms with Crippen molar-refractivity contribution in [2.24, 2.45) is 11.8 Å². The van der Waals surface area contributed by atoms with Gasteiger partial charge in [-0.3, -0.25) is 0 Å². The van der Waals surface area contributed by atoms with Gasteiger partial charge in [0.15, 0.2) is 0 Å². The van der Waals surface area contributed by atoms with Gasteiger partial charge in [-0.05, 0) is 56.9 Å². The van der Waals surface area contributed by atoms with Gasteiger partial charge >= 0.3 is 0 Å². The highest BCUT2D eigenvalue weighted by atomic mass is 79.9. The summed E-state index contributed by atoms with van der Waals surface area (Å²) in [5.41, 5.74) is 0. The summed E-state index contributed by atoms with van der Waals surface area (Å²) in [6, 6.07) is 0. The van der Waals surface area contributed by atoms with E-state index in [1.165, 1.54) is 63.5 Å². The Morgan fingerprint density at radius 1 is 0.929 bits per heavy atom. The molecular weight excluding hydrogens is 238 g/mol. The number of hydrogen-bond donors (Lipinski definition) is 0. The van der Waals surface area contributed by atoms with Gasteiger partial charge in [-0.2, -0.15) is 0 Å². The van der Waals surface area contributed by atoms with Crippen LogP contribution in [-0.4, -0.2) is 29.9 Å². The van der Waals surface area contributed by atoms with Gasteiger partial charge < -0.3 is 4.90 Å². The molecule has 0 spiro atoms. The highest BCUT2D eigenvalue weighted by molar-refractivity contribution is 9.09. The summed E-state index contributed by atoms with van der Waals surface area (Å²) in [6.45, 7) is 4.15. The molecule has 2 fully saturated rings. The van der Waals surface area contributed by atoms with Crippen LogP contribution >= 0.6 is 15.9 Å². The second kappa shape index (κ2) is 5.50. The Hall–Kier alpha value is 0.440. The molecule has 2 rings (SSSR count). The Morgan fingerprint density at radius 2 is 1.50 bits per heavy atom. The zero-order chi connectivity index (χ0) is 9.80. The lowest BCUT2D eigenvalue weighted by molar-refractivity contribution is 0.249. The first kappa shape index (κ1) is 10.9. The van der Waals surface area contributed by atoms with Gasteiger partial charge in [0.1, 0.15) is 0 Å². The van der Waals surface area contributed by atoms with E-state index in [4.69, 9.17) is 0 Å². The van der Waals surface area contributed by atoms with Gasteiger partial charge in [-0.25, -0.2) is 0 Å². The lowest BCUT2D eigenvalue weighted by Crippen LogP contribution is -2.29. The molecule has 0 amide bonds. The monoisotopic (exact) mass is 259 g/mol. The summed E-state index contributed by atoms with van der Waals surface area (Å²) in [6.07, 6.45) is 8.72. The minimum atomic E-state index is 1.07. The number of unbranched alkanes of at least 4 members (excludes halogenated alkanes) is 1. The third-order valence-corrected chi connectivity index (χ3v) is 3.85. The van der Waals surface area contributed by atoms with Crippen molar-refractivity contribution in [2.45, 2.75) is 38.5 Å². The van der Waals surface area contributed by atoms with Crippen LogP contribution in [0.4, 0.5) is 0 Å². The predicted molar refractivity (Wildman–Crippen MR) is 64.9 cm³/mol. The van der Waals surface area contributed by atoms with Crippen molar-refractivity contribution in [3.8, 4) is 0 Å². The molecule has 0 aromatic carbocycles. The molecule has 0 aromatic heterocycles. The van der Waals surface area contributed by atoms with Crippen LogP contribution in [0.1, 0.15) is 38.5 Å². The maximum absolute atomic E-state index is 3.51. The quantitative estimate of drug-likeness (QED) is 0.478. The van der Waals surface area contributed by atoms with Gasteiger partial charge in [0.25, 0.3) is 0 Å². The van der Waals surface area contributed by atoms with Crippen molar-refractivity contribution in [1.29, 1.82) is 0 Å². The third kappa shape index (κ3) is 4.31. The zero-order valence-corrected chi connectivity index (χ0v) is 10.6. The van der Waals surface area contributed by atoms with Crippen LogP contribution < -0.4 is 0 Å². The Labute approximate surface area is 96.4 Å². The number of hydrogen-bond acceptors (Lipinski definition) is 1. The molecule has 0 aliphatic heterocycles. The molecule has 0 atom stereocenters. The zero-order valence-electron chi connectivity index (χ0n) is 9.05. The van der Waals surface area contributed by atoms with E-state index in [0.717, 1.165) is 11.8 Å². The first-order valence-electron chi connectivity index (χ1n) is 6.17. The Morgan fingerprint density at radius 3 is 1.93 bits per heavy atom. The van der Waals surface area contributed by atoms with Crippen LogP contribution in [0.3, 0.4) is 0 Å². The average Bonchev–Trinajstić information content (AvgIpc) is 2.99. The van der Waals surface area contributed by atoms with E-state index in [0.29, 0.717) is 0 Å². The molecular formula is C12H22BrN. The normalized spacial score (nSPS) is 21.9. The minimum absolute atomic E-state index is 1.07. The molecule has 14 heavy (non-hydrogen) atoms. The molecule has 1 nitrogen and oxygen atoms in total. The van der Waals surface area contributed by atoms with Crippen molar-refractivity contribution in [3.63, 3.8) is 0 Å². The van der Waals surface area contributed by atoms with Gasteiger partial charge in [0.2, 0.25) is 0 Å². The van der Waals surface area contributed by atoms with Crippen molar-refractivity contribution >= 4 is 15.9 Å². The van der Waals surface area contributed by atoms with Crippen LogP contribution in [0.2, 0.25) is 0 Å². The SMILES string of the molecule is BrCCCCN(CC1CC1)CC1CC1. The molecule has 2 aliphatic carbocycles. The van der Waals surface area contributed by atoms with Gasteiger partial charge in [-0.15, -0.1) is 0 Å². The summed E-state index contributed by atoms with van der Waals surface area (Å²) in [7, 11) is 0. The molecule has 0 N–H and O–H groups in total. The predicted octanol–water partition coefficient (Wildman–Crippen LogP) is 3.28.